The van der Waals surface area contributed by atoms with Crippen LogP contribution < -0.4 is 16.4 Å². The van der Waals surface area contributed by atoms with E-state index in [-0.39, 0.29) is 23.3 Å². The third kappa shape index (κ3) is 5.08. The molecule has 13 heteroatoms. The van der Waals surface area contributed by atoms with E-state index in [0.29, 0.717) is 5.39 Å². The van der Waals surface area contributed by atoms with Crippen LogP contribution in [0.4, 0.5) is 27.6 Å². The molecule has 0 aliphatic carbocycles. The van der Waals surface area contributed by atoms with Gasteiger partial charge >= 0.3 is 6.18 Å². The first kappa shape index (κ1) is 24.1. The summed E-state index contributed by atoms with van der Waals surface area (Å²) in [6, 6.07) is 3.08. The second-order valence-electron chi connectivity index (χ2n) is 7.89. The number of fused-ring (bicyclic) bond motifs is 1. The molecule has 0 spiro atoms. The lowest BCUT2D eigenvalue weighted by Crippen LogP contribution is -2.30. The molecule has 184 valence electrons. The summed E-state index contributed by atoms with van der Waals surface area (Å²) in [6.07, 6.45) is -2.10. The number of aromatic amines is 1. The third-order valence-electron chi connectivity index (χ3n) is 5.27. The Morgan fingerprint density at radius 2 is 2.03 bits per heavy atom. The van der Waals surface area contributed by atoms with Crippen molar-refractivity contribution in [3.05, 3.63) is 75.1 Å². The molecule has 3 aromatic heterocycles. The highest BCUT2D eigenvalue weighted by atomic mass is 19.4. The van der Waals surface area contributed by atoms with Crippen molar-refractivity contribution < 1.29 is 26.4 Å². The summed E-state index contributed by atoms with van der Waals surface area (Å²) in [7, 11) is 0. The van der Waals surface area contributed by atoms with Gasteiger partial charge < -0.3 is 14.3 Å². The van der Waals surface area contributed by atoms with Gasteiger partial charge in [0.25, 0.3) is 11.1 Å². The van der Waals surface area contributed by atoms with Crippen LogP contribution in [0.1, 0.15) is 18.9 Å². The fraction of sp³-hybridized carbons (Fsp3) is 0.273. The van der Waals surface area contributed by atoms with Crippen LogP contribution in [0, 0.1) is 5.82 Å². The van der Waals surface area contributed by atoms with E-state index in [9.17, 15) is 31.5 Å². The number of pyridine rings is 1. The maximum Gasteiger partial charge on any atom is 0.423 e. The summed E-state index contributed by atoms with van der Waals surface area (Å²) < 4.78 is 75.0. The second-order valence-corrected chi connectivity index (χ2v) is 7.89. The molecule has 0 aliphatic rings. The zero-order valence-corrected chi connectivity index (χ0v) is 18.1. The summed E-state index contributed by atoms with van der Waals surface area (Å²) in [5.41, 5.74) is -4.04. The number of hydrogen-bond donors (Lipinski definition) is 2. The number of alkyl halides is 4. The molecule has 1 aromatic carbocycles. The predicted molar refractivity (Wildman–Crippen MR) is 116 cm³/mol. The second kappa shape index (κ2) is 9.31. The van der Waals surface area contributed by atoms with E-state index in [1.807, 2.05) is 0 Å². The number of H-pyrrole nitrogens is 1. The van der Waals surface area contributed by atoms with E-state index >= 15 is 0 Å². The smallest absolute Gasteiger partial charge is 0.423 e. The number of hydrogen-bond acceptors (Lipinski definition) is 6. The van der Waals surface area contributed by atoms with E-state index in [1.165, 1.54) is 37.7 Å². The molecule has 0 saturated carbocycles. The Hall–Kier alpha value is -4.03. The number of anilines is 1. The highest BCUT2D eigenvalue weighted by Crippen LogP contribution is 2.32. The van der Waals surface area contributed by atoms with Crippen molar-refractivity contribution >= 4 is 16.5 Å². The van der Waals surface area contributed by atoms with E-state index in [1.54, 1.807) is 5.10 Å². The van der Waals surface area contributed by atoms with Crippen LogP contribution >= 0.6 is 0 Å². The first-order chi connectivity index (χ1) is 16.5. The Kier molecular flexibility index (Phi) is 6.41. The number of oxazole rings is 1. The largest absolute Gasteiger partial charge is 0.444 e. The van der Waals surface area contributed by atoms with Crippen molar-refractivity contribution in [3.63, 3.8) is 0 Å². The lowest BCUT2D eigenvalue weighted by Gasteiger charge is -2.20. The Balaban J connectivity index is 1.50. The van der Waals surface area contributed by atoms with Crippen LogP contribution in [-0.4, -0.2) is 32.0 Å². The van der Waals surface area contributed by atoms with Crippen LogP contribution in [-0.2, 0) is 12.7 Å². The van der Waals surface area contributed by atoms with Crippen LogP contribution in [0.3, 0.4) is 0 Å². The van der Waals surface area contributed by atoms with Crippen LogP contribution in [0.2, 0.25) is 0 Å². The van der Waals surface area contributed by atoms with Gasteiger partial charge in [0.2, 0.25) is 5.89 Å². The standard InChI is InChI=1S/C22H18F5N5O3/c1-11(30-17-9-29-31-19(33)18(17)22(25,26)27)6-13(23)10-32-4-2-12-7-15(20-28-3-5-35-20)16(24)8-14(12)21(32)34/h2-5,7-9,11,13H,6,10H2,1H3,(H2,30,31,33)/t11-,13-/m0/s1. The van der Waals surface area contributed by atoms with Crippen molar-refractivity contribution in [1.29, 1.82) is 0 Å². The number of benzene rings is 1. The number of nitrogens with zero attached hydrogens (tertiary/aromatic N) is 3. The van der Waals surface area contributed by atoms with Gasteiger partial charge in [-0.2, -0.15) is 18.3 Å². The maximum absolute atomic E-state index is 14.8. The highest BCUT2D eigenvalue weighted by Gasteiger charge is 2.37. The van der Waals surface area contributed by atoms with Gasteiger partial charge in [-0.1, -0.05) is 0 Å². The Bertz CT molecular complexity index is 1460. The number of halogens is 5. The quantitative estimate of drug-likeness (QED) is 0.374. The van der Waals surface area contributed by atoms with Crippen LogP contribution in [0.5, 0.6) is 0 Å². The van der Waals surface area contributed by atoms with Gasteiger partial charge in [-0.05, 0) is 30.5 Å². The number of nitrogens with one attached hydrogen (secondary N) is 2. The van der Waals surface area contributed by atoms with Crippen molar-refractivity contribution in [3.8, 4) is 11.5 Å². The highest BCUT2D eigenvalue weighted by molar-refractivity contribution is 5.85. The first-order valence-electron chi connectivity index (χ1n) is 10.3. The summed E-state index contributed by atoms with van der Waals surface area (Å²) >= 11 is 0. The van der Waals surface area contributed by atoms with Gasteiger partial charge in [0.15, 0.2) is 0 Å². The summed E-state index contributed by atoms with van der Waals surface area (Å²) in [5, 5.41) is 7.93. The zero-order chi connectivity index (χ0) is 25.3. The van der Waals surface area contributed by atoms with Gasteiger partial charge in [0.1, 0.15) is 23.8 Å². The number of aromatic nitrogens is 4. The monoisotopic (exact) mass is 495 g/mol. The molecule has 4 rings (SSSR count). The Labute approximate surface area is 193 Å². The average molecular weight is 495 g/mol. The molecule has 8 nitrogen and oxygen atoms in total. The van der Waals surface area contributed by atoms with Gasteiger partial charge in [-0.3, -0.25) is 9.59 Å². The molecule has 0 aliphatic heterocycles. The number of rotatable bonds is 7. The van der Waals surface area contributed by atoms with Crippen molar-refractivity contribution in [1.82, 2.24) is 19.7 Å². The van der Waals surface area contributed by atoms with Gasteiger partial charge in [0, 0.05) is 18.7 Å². The molecular formula is C22H18F5N5O3. The minimum atomic E-state index is -4.94. The van der Waals surface area contributed by atoms with Gasteiger partial charge in [0.05, 0.1) is 35.6 Å². The lowest BCUT2D eigenvalue weighted by molar-refractivity contribution is -0.138. The summed E-state index contributed by atoms with van der Waals surface area (Å²) in [6.45, 7) is 1.01. The van der Waals surface area contributed by atoms with Crippen molar-refractivity contribution in [2.45, 2.75) is 38.3 Å². The maximum atomic E-state index is 14.8. The third-order valence-corrected chi connectivity index (χ3v) is 5.27. The van der Waals surface area contributed by atoms with Gasteiger partial charge in [-0.15, -0.1) is 0 Å². The molecule has 2 atom stereocenters. The topological polar surface area (TPSA) is 106 Å². The van der Waals surface area contributed by atoms with E-state index in [0.717, 1.165) is 16.8 Å². The molecule has 0 fully saturated rings. The minimum Gasteiger partial charge on any atom is -0.444 e. The van der Waals surface area contributed by atoms with Crippen molar-refractivity contribution in [2.75, 3.05) is 5.32 Å². The molecule has 4 aromatic rings. The first-order valence-corrected chi connectivity index (χ1v) is 10.3. The SMILES string of the molecule is C[C@@H](C[C@H](F)Cn1ccc2cc(-c3ncco3)c(F)cc2c1=O)Nc1cn[nH]c(=O)c1C(F)(F)F. The average Bonchev–Trinajstić information content (AvgIpc) is 3.29. The molecule has 2 N–H and O–H groups in total. The van der Waals surface area contributed by atoms with Crippen LogP contribution in [0.15, 0.2) is 57.1 Å². The normalized spacial score (nSPS) is 13.7. The molecule has 0 amide bonds. The molecule has 0 bridgehead atoms. The van der Waals surface area contributed by atoms with Crippen LogP contribution in [0.25, 0.3) is 22.2 Å². The molecular weight excluding hydrogens is 477 g/mol. The summed E-state index contributed by atoms with van der Waals surface area (Å²) in [5.74, 6) is -0.695. The molecule has 0 radical (unpaired) electrons. The molecule has 0 unspecified atom stereocenters. The van der Waals surface area contributed by atoms with Crippen molar-refractivity contribution in [2.24, 2.45) is 0 Å². The van der Waals surface area contributed by atoms with E-state index in [4.69, 9.17) is 4.42 Å². The van der Waals surface area contributed by atoms with E-state index in [2.05, 4.69) is 15.4 Å². The zero-order valence-electron chi connectivity index (χ0n) is 18.1. The molecule has 3 heterocycles. The fourth-order valence-corrected chi connectivity index (χ4v) is 3.75. The minimum absolute atomic E-state index is 0.0167. The molecule has 35 heavy (non-hydrogen) atoms. The predicted octanol–water partition coefficient (Wildman–Crippen LogP) is 4.13. The molecule has 0 saturated heterocycles. The van der Waals surface area contributed by atoms with Gasteiger partial charge in [-0.25, -0.2) is 18.9 Å². The summed E-state index contributed by atoms with van der Waals surface area (Å²) in [4.78, 5) is 28.2. The fourth-order valence-electron chi connectivity index (χ4n) is 3.75. The Morgan fingerprint density at radius 3 is 2.71 bits per heavy atom. The van der Waals surface area contributed by atoms with E-state index < -0.39 is 53.1 Å². The Morgan fingerprint density at radius 1 is 1.26 bits per heavy atom. The lowest BCUT2D eigenvalue weighted by atomic mass is 10.1.